The number of pyridine rings is 1. The number of hydrogen-bond acceptors (Lipinski definition) is 4. The largest absolute Gasteiger partial charge is 0.361 e. The molecule has 0 spiro atoms. The van der Waals surface area contributed by atoms with E-state index in [2.05, 4.69) is 63.7 Å². The Morgan fingerprint density at radius 1 is 0.731 bits per heavy atom. The summed E-state index contributed by atoms with van der Waals surface area (Å²) < 4.78 is 0. The SMILES string of the molecule is CN(C)c1cc(-c2ccncc2)c(-c2ccc3ccccc3c2)nn1.Cl. The highest BCUT2D eigenvalue weighted by Crippen LogP contribution is 2.33. The average Bonchev–Trinajstić information content (AvgIpc) is 2.68. The van der Waals surface area contributed by atoms with E-state index in [1.165, 1.54) is 10.8 Å². The van der Waals surface area contributed by atoms with Crippen LogP contribution in [0, 0.1) is 0 Å². The van der Waals surface area contributed by atoms with Gasteiger partial charge in [0.05, 0.1) is 0 Å². The van der Waals surface area contributed by atoms with E-state index in [9.17, 15) is 0 Å². The van der Waals surface area contributed by atoms with Crippen molar-refractivity contribution in [2.45, 2.75) is 0 Å². The molecule has 0 atom stereocenters. The molecule has 0 N–H and O–H groups in total. The highest BCUT2D eigenvalue weighted by molar-refractivity contribution is 5.90. The second-order valence-electron chi connectivity index (χ2n) is 6.16. The molecule has 2 aromatic carbocycles. The third-order valence-electron chi connectivity index (χ3n) is 4.25. The van der Waals surface area contributed by atoms with Crippen LogP contribution in [0.3, 0.4) is 0 Å². The normalized spacial score (nSPS) is 10.4. The second kappa shape index (κ2) is 7.50. The molecular weight excluding hydrogens is 344 g/mol. The topological polar surface area (TPSA) is 41.9 Å². The molecular formula is C21H19ClN4. The van der Waals surface area contributed by atoms with Crippen molar-refractivity contribution in [3.8, 4) is 22.4 Å². The third-order valence-corrected chi connectivity index (χ3v) is 4.25. The van der Waals surface area contributed by atoms with Gasteiger partial charge >= 0.3 is 0 Å². The fraction of sp³-hybridized carbons (Fsp3) is 0.0952. The van der Waals surface area contributed by atoms with Crippen molar-refractivity contribution in [3.05, 3.63) is 73.1 Å². The van der Waals surface area contributed by atoms with Gasteiger partial charge in [-0.25, -0.2) is 0 Å². The van der Waals surface area contributed by atoms with Crippen LogP contribution in [0.4, 0.5) is 5.82 Å². The Kier molecular flexibility index (Phi) is 5.14. The van der Waals surface area contributed by atoms with Crippen molar-refractivity contribution in [2.75, 3.05) is 19.0 Å². The first-order valence-corrected chi connectivity index (χ1v) is 8.17. The van der Waals surface area contributed by atoms with Crippen LogP contribution in [-0.2, 0) is 0 Å². The predicted octanol–water partition coefficient (Wildman–Crippen LogP) is 4.85. The van der Waals surface area contributed by atoms with Gasteiger partial charge in [-0.2, -0.15) is 0 Å². The van der Waals surface area contributed by atoms with Gasteiger partial charge in [0, 0.05) is 37.6 Å². The van der Waals surface area contributed by atoms with Gasteiger partial charge in [-0.1, -0.05) is 36.4 Å². The minimum absolute atomic E-state index is 0. The number of nitrogens with zero attached hydrogens (tertiary/aromatic N) is 4. The van der Waals surface area contributed by atoms with Crippen LogP contribution in [-0.4, -0.2) is 29.3 Å². The molecule has 0 aliphatic carbocycles. The van der Waals surface area contributed by atoms with Crippen molar-refractivity contribution in [1.82, 2.24) is 15.2 Å². The molecule has 2 aromatic heterocycles. The first kappa shape index (κ1) is 17.8. The Morgan fingerprint density at radius 2 is 1.46 bits per heavy atom. The summed E-state index contributed by atoms with van der Waals surface area (Å²) in [5.41, 5.74) is 4.07. The van der Waals surface area contributed by atoms with E-state index in [0.717, 1.165) is 28.2 Å². The summed E-state index contributed by atoms with van der Waals surface area (Å²) in [4.78, 5) is 6.09. The van der Waals surface area contributed by atoms with Crippen molar-refractivity contribution in [1.29, 1.82) is 0 Å². The van der Waals surface area contributed by atoms with Gasteiger partial charge < -0.3 is 4.90 Å². The summed E-state index contributed by atoms with van der Waals surface area (Å²) in [7, 11) is 3.94. The lowest BCUT2D eigenvalue weighted by molar-refractivity contribution is 0.970. The maximum absolute atomic E-state index is 4.54. The van der Waals surface area contributed by atoms with Crippen molar-refractivity contribution in [3.63, 3.8) is 0 Å². The smallest absolute Gasteiger partial charge is 0.151 e. The Balaban J connectivity index is 0.00000196. The summed E-state index contributed by atoms with van der Waals surface area (Å²) in [5.74, 6) is 0.830. The van der Waals surface area contributed by atoms with Crippen LogP contribution in [0.2, 0.25) is 0 Å². The number of aromatic nitrogens is 3. The molecule has 130 valence electrons. The zero-order chi connectivity index (χ0) is 17.2. The Labute approximate surface area is 158 Å². The molecule has 0 aliphatic rings. The maximum atomic E-state index is 4.54. The zero-order valence-electron chi connectivity index (χ0n) is 14.6. The maximum Gasteiger partial charge on any atom is 0.151 e. The quantitative estimate of drug-likeness (QED) is 0.522. The summed E-state index contributed by atoms with van der Waals surface area (Å²) in [6, 6.07) is 20.8. The van der Waals surface area contributed by atoms with Crippen molar-refractivity contribution in [2.24, 2.45) is 0 Å². The Morgan fingerprint density at radius 3 is 2.19 bits per heavy atom. The van der Waals surface area contributed by atoms with E-state index in [-0.39, 0.29) is 12.4 Å². The third kappa shape index (κ3) is 3.37. The first-order valence-electron chi connectivity index (χ1n) is 8.17. The summed E-state index contributed by atoms with van der Waals surface area (Å²) >= 11 is 0. The van der Waals surface area contributed by atoms with E-state index < -0.39 is 0 Å². The average molecular weight is 363 g/mol. The van der Waals surface area contributed by atoms with Crippen LogP contribution < -0.4 is 4.90 Å². The number of fused-ring (bicyclic) bond motifs is 1. The highest BCUT2D eigenvalue weighted by atomic mass is 35.5. The van der Waals surface area contributed by atoms with Crippen molar-refractivity contribution < 1.29 is 0 Å². The number of hydrogen-bond donors (Lipinski definition) is 0. The zero-order valence-corrected chi connectivity index (χ0v) is 15.4. The lowest BCUT2D eigenvalue weighted by atomic mass is 9.98. The van der Waals surface area contributed by atoms with E-state index in [1.807, 2.05) is 31.1 Å². The minimum atomic E-state index is 0. The highest BCUT2D eigenvalue weighted by Gasteiger charge is 2.13. The van der Waals surface area contributed by atoms with Gasteiger partial charge in [-0.3, -0.25) is 4.98 Å². The molecule has 4 nitrogen and oxygen atoms in total. The summed E-state index contributed by atoms with van der Waals surface area (Å²) in [6.07, 6.45) is 3.60. The van der Waals surface area contributed by atoms with Gasteiger partial charge in [-0.15, -0.1) is 22.6 Å². The molecule has 0 saturated heterocycles. The van der Waals surface area contributed by atoms with E-state index in [4.69, 9.17) is 0 Å². The lowest BCUT2D eigenvalue weighted by Crippen LogP contribution is -2.12. The fourth-order valence-electron chi connectivity index (χ4n) is 2.90. The molecule has 0 amide bonds. The molecule has 0 fully saturated rings. The minimum Gasteiger partial charge on any atom is -0.361 e. The molecule has 0 radical (unpaired) electrons. The molecule has 5 heteroatoms. The lowest BCUT2D eigenvalue weighted by Gasteiger charge is -2.15. The first-order chi connectivity index (χ1) is 12.2. The predicted molar refractivity (Wildman–Crippen MR) is 110 cm³/mol. The van der Waals surface area contributed by atoms with Crippen LogP contribution in [0.1, 0.15) is 0 Å². The number of halogens is 1. The van der Waals surface area contributed by atoms with E-state index in [1.54, 1.807) is 12.4 Å². The van der Waals surface area contributed by atoms with Gasteiger partial charge in [-0.05, 0) is 40.6 Å². The fourth-order valence-corrected chi connectivity index (χ4v) is 2.90. The van der Waals surface area contributed by atoms with Gasteiger partial charge in [0.2, 0.25) is 0 Å². The van der Waals surface area contributed by atoms with Crippen LogP contribution in [0.15, 0.2) is 73.1 Å². The molecule has 0 saturated carbocycles. The monoisotopic (exact) mass is 362 g/mol. The Hall–Kier alpha value is -2.98. The number of anilines is 1. The molecule has 4 rings (SSSR count). The molecule has 4 aromatic rings. The van der Waals surface area contributed by atoms with Crippen LogP contribution in [0.5, 0.6) is 0 Å². The molecule has 0 bridgehead atoms. The van der Waals surface area contributed by atoms with Gasteiger partial charge in [0.25, 0.3) is 0 Å². The molecule has 26 heavy (non-hydrogen) atoms. The van der Waals surface area contributed by atoms with Crippen molar-refractivity contribution >= 4 is 29.0 Å². The van der Waals surface area contributed by atoms with E-state index in [0.29, 0.717) is 0 Å². The molecule has 0 aliphatic heterocycles. The molecule has 2 heterocycles. The summed E-state index contributed by atoms with van der Waals surface area (Å²) in [6.45, 7) is 0. The van der Waals surface area contributed by atoms with Gasteiger partial charge in [0.15, 0.2) is 5.82 Å². The standard InChI is InChI=1S/C21H18N4.ClH/c1-25(2)20-14-19(16-9-11-22-12-10-16)21(24-23-20)18-8-7-15-5-3-4-6-17(15)13-18;/h3-14H,1-2H3;1H. The van der Waals surface area contributed by atoms with E-state index >= 15 is 0 Å². The van der Waals surface area contributed by atoms with Gasteiger partial charge in [0.1, 0.15) is 5.69 Å². The summed E-state index contributed by atoms with van der Waals surface area (Å²) in [5, 5.41) is 11.3. The number of benzene rings is 2. The molecule has 0 unspecified atom stereocenters. The van der Waals surface area contributed by atoms with Crippen LogP contribution in [0.25, 0.3) is 33.2 Å². The Bertz CT molecular complexity index is 1030. The number of rotatable bonds is 3. The second-order valence-corrected chi connectivity index (χ2v) is 6.16. The van der Waals surface area contributed by atoms with Crippen LogP contribution >= 0.6 is 12.4 Å².